The summed E-state index contributed by atoms with van der Waals surface area (Å²) in [5.74, 6) is 0.943. The molecule has 1 aromatic carbocycles. The van der Waals surface area contributed by atoms with Gasteiger partial charge in [0.05, 0.1) is 5.75 Å². The predicted molar refractivity (Wildman–Crippen MR) is 120 cm³/mol. The number of guanidine groups is 1. The van der Waals surface area contributed by atoms with Crippen LogP contribution in [0.15, 0.2) is 29.4 Å². The molecule has 1 aromatic heterocycles. The van der Waals surface area contributed by atoms with Crippen molar-refractivity contribution in [2.24, 2.45) is 4.99 Å². The Morgan fingerprint density at radius 1 is 1.24 bits per heavy atom. The first-order valence-corrected chi connectivity index (χ1v) is 12.1. The average Bonchev–Trinajstić information content (AvgIpc) is 3.16. The summed E-state index contributed by atoms with van der Waals surface area (Å²) in [5.41, 5.74) is 3.88. The van der Waals surface area contributed by atoms with Gasteiger partial charge in [0, 0.05) is 49.8 Å². The number of piperidine rings is 1. The first-order chi connectivity index (χ1) is 14.0. The lowest BCUT2D eigenvalue weighted by Gasteiger charge is -2.32. The Morgan fingerprint density at radius 2 is 2.00 bits per heavy atom. The van der Waals surface area contributed by atoms with E-state index in [1.165, 1.54) is 22.0 Å². The molecule has 0 saturated carbocycles. The minimum absolute atomic E-state index is 0.169. The highest BCUT2D eigenvalue weighted by molar-refractivity contribution is 7.89. The van der Waals surface area contributed by atoms with Crippen LogP contribution in [0.4, 0.5) is 0 Å². The van der Waals surface area contributed by atoms with E-state index in [4.69, 9.17) is 0 Å². The molecule has 1 aliphatic heterocycles. The number of aryl methyl sites for hydroxylation is 1. The largest absolute Gasteiger partial charge is 0.361 e. The zero-order valence-electron chi connectivity index (χ0n) is 17.7. The van der Waals surface area contributed by atoms with Crippen LogP contribution in [0.1, 0.15) is 37.8 Å². The maximum atomic E-state index is 12.0. The molecule has 0 spiro atoms. The van der Waals surface area contributed by atoms with Gasteiger partial charge in [0.2, 0.25) is 10.0 Å². The second-order valence-corrected chi connectivity index (χ2v) is 9.73. The number of aromatic amines is 1. The third kappa shape index (κ3) is 5.11. The second kappa shape index (κ2) is 9.63. The first kappa shape index (κ1) is 21.6. The fourth-order valence-corrected chi connectivity index (χ4v) is 5.07. The van der Waals surface area contributed by atoms with E-state index >= 15 is 0 Å². The van der Waals surface area contributed by atoms with Crippen molar-refractivity contribution >= 4 is 26.9 Å². The first-order valence-electron chi connectivity index (χ1n) is 10.5. The standard InChI is InChI=1S/C21H33N5O2S/c1-4-16-7-6-8-19-17(15-24-20(16)19)9-12-23-21(22-3)25-18-10-13-26(14-11-18)29(27,28)5-2/h6-8,15,18,24H,4-5,9-14H2,1-3H3,(H2,22,23,25). The van der Waals surface area contributed by atoms with Gasteiger partial charge in [0.1, 0.15) is 0 Å². The van der Waals surface area contributed by atoms with Gasteiger partial charge in [-0.05, 0) is 43.7 Å². The number of rotatable bonds is 7. The Morgan fingerprint density at radius 3 is 2.66 bits per heavy atom. The van der Waals surface area contributed by atoms with Gasteiger partial charge in [-0.2, -0.15) is 0 Å². The van der Waals surface area contributed by atoms with Crippen molar-refractivity contribution < 1.29 is 8.42 Å². The molecule has 3 N–H and O–H groups in total. The molecule has 1 saturated heterocycles. The van der Waals surface area contributed by atoms with Gasteiger partial charge in [-0.1, -0.05) is 25.1 Å². The summed E-state index contributed by atoms with van der Waals surface area (Å²) in [6.45, 7) is 5.79. The Labute approximate surface area is 174 Å². The third-order valence-electron chi connectivity index (χ3n) is 5.73. The van der Waals surface area contributed by atoms with Crippen LogP contribution in [0, 0.1) is 0 Å². The smallest absolute Gasteiger partial charge is 0.213 e. The molecule has 2 aromatic rings. The Balaban J connectivity index is 1.50. The molecule has 2 heterocycles. The van der Waals surface area contributed by atoms with E-state index in [9.17, 15) is 8.42 Å². The number of hydrogen-bond acceptors (Lipinski definition) is 3. The van der Waals surface area contributed by atoms with Crippen LogP contribution in [0.5, 0.6) is 0 Å². The van der Waals surface area contributed by atoms with Crippen molar-refractivity contribution in [2.75, 3.05) is 32.4 Å². The third-order valence-corrected chi connectivity index (χ3v) is 7.61. The molecule has 7 nitrogen and oxygen atoms in total. The van der Waals surface area contributed by atoms with E-state index in [1.807, 2.05) is 0 Å². The number of nitrogens with zero attached hydrogens (tertiary/aromatic N) is 2. The van der Waals surface area contributed by atoms with Gasteiger partial charge < -0.3 is 15.6 Å². The highest BCUT2D eigenvalue weighted by Crippen LogP contribution is 2.22. The molecule has 0 aliphatic carbocycles. The normalized spacial score (nSPS) is 17.0. The molecular weight excluding hydrogens is 386 g/mol. The van der Waals surface area contributed by atoms with Crippen LogP contribution in [-0.2, 0) is 22.9 Å². The molecule has 0 amide bonds. The fraction of sp³-hybridized carbons (Fsp3) is 0.571. The summed E-state index contributed by atoms with van der Waals surface area (Å²) in [6.07, 6.45) is 5.61. The van der Waals surface area contributed by atoms with Gasteiger partial charge in [0.15, 0.2) is 5.96 Å². The highest BCUT2D eigenvalue weighted by atomic mass is 32.2. The maximum absolute atomic E-state index is 12.0. The number of aromatic nitrogens is 1. The maximum Gasteiger partial charge on any atom is 0.213 e. The highest BCUT2D eigenvalue weighted by Gasteiger charge is 2.26. The Kier molecular flexibility index (Phi) is 7.18. The zero-order chi connectivity index (χ0) is 20.9. The molecule has 160 valence electrons. The zero-order valence-corrected chi connectivity index (χ0v) is 18.5. The van der Waals surface area contributed by atoms with Gasteiger partial charge >= 0.3 is 0 Å². The number of fused-ring (bicyclic) bond motifs is 1. The average molecular weight is 420 g/mol. The summed E-state index contributed by atoms with van der Waals surface area (Å²) in [5, 5.41) is 8.13. The van der Waals surface area contributed by atoms with Crippen LogP contribution in [0.25, 0.3) is 10.9 Å². The topological polar surface area (TPSA) is 89.6 Å². The molecule has 1 aliphatic rings. The van der Waals surface area contributed by atoms with Crippen molar-refractivity contribution in [3.63, 3.8) is 0 Å². The molecule has 8 heteroatoms. The lowest BCUT2D eigenvalue weighted by molar-refractivity contribution is 0.306. The molecular formula is C21H33N5O2S. The quantitative estimate of drug-likeness (QED) is 0.474. The number of H-pyrrole nitrogens is 1. The van der Waals surface area contributed by atoms with E-state index in [-0.39, 0.29) is 11.8 Å². The van der Waals surface area contributed by atoms with Gasteiger partial charge in [0.25, 0.3) is 0 Å². The van der Waals surface area contributed by atoms with Crippen LogP contribution < -0.4 is 10.6 Å². The number of hydrogen-bond donors (Lipinski definition) is 3. The molecule has 0 atom stereocenters. The summed E-state index contributed by atoms with van der Waals surface area (Å²) in [7, 11) is -1.32. The predicted octanol–water partition coefficient (Wildman–Crippen LogP) is 2.25. The Hall–Kier alpha value is -2.06. The van der Waals surface area contributed by atoms with Crippen LogP contribution >= 0.6 is 0 Å². The number of aliphatic imine (C=N–C) groups is 1. The van der Waals surface area contributed by atoms with Gasteiger partial charge in [-0.25, -0.2) is 12.7 Å². The Bertz CT molecular complexity index is 943. The fourth-order valence-electron chi connectivity index (χ4n) is 3.94. The van der Waals surface area contributed by atoms with Gasteiger partial charge in [-0.15, -0.1) is 0 Å². The summed E-state index contributed by atoms with van der Waals surface area (Å²) in [6, 6.07) is 6.71. The molecule has 0 radical (unpaired) electrons. The number of para-hydroxylation sites is 1. The van der Waals surface area contributed by atoms with E-state index < -0.39 is 10.0 Å². The van der Waals surface area contributed by atoms with E-state index in [0.717, 1.165) is 38.2 Å². The van der Waals surface area contributed by atoms with Crippen molar-refractivity contribution in [3.05, 3.63) is 35.5 Å². The minimum atomic E-state index is -3.08. The van der Waals surface area contributed by atoms with Crippen LogP contribution in [0.3, 0.4) is 0 Å². The SMILES string of the molecule is CCc1cccc2c(CCNC(=NC)NC3CCN(S(=O)(=O)CC)CC3)c[nH]c12. The van der Waals surface area contributed by atoms with Crippen molar-refractivity contribution in [2.45, 2.75) is 45.6 Å². The number of sulfonamides is 1. The molecule has 1 fully saturated rings. The molecule has 0 bridgehead atoms. The van der Waals surface area contributed by atoms with E-state index in [0.29, 0.717) is 13.1 Å². The van der Waals surface area contributed by atoms with E-state index in [2.05, 4.69) is 51.9 Å². The molecule has 0 unspecified atom stereocenters. The summed E-state index contributed by atoms with van der Waals surface area (Å²) in [4.78, 5) is 7.75. The summed E-state index contributed by atoms with van der Waals surface area (Å²) >= 11 is 0. The number of benzene rings is 1. The minimum Gasteiger partial charge on any atom is -0.361 e. The van der Waals surface area contributed by atoms with Crippen molar-refractivity contribution in [3.8, 4) is 0 Å². The van der Waals surface area contributed by atoms with Crippen LogP contribution in [-0.4, -0.2) is 62.1 Å². The van der Waals surface area contributed by atoms with E-state index in [1.54, 1.807) is 18.3 Å². The lowest BCUT2D eigenvalue weighted by Crippen LogP contribution is -2.50. The van der Waals surface area contributed by atoms with Crippen LogP contribution in [0.2, 0.25) is 0 Å². The van der Waals surface area contributed by atoms with Crippen molar-refractivity contribution in [1.29, 1.82) is 0 Å². The monoisotopic (exact) mass is 419 g/mol. The number of nitrogens with one attached hydrogen (secondary N) is 3. The lowest BCUT2D eigenvalue weighted by atomic mass is 10.1. The van der Waals surface area contributed by atoms with Crippen molar-refractivity contribution in [1.82, 2.24) is 19.9 Å². The summed E-state index contributed by atoms with van der Waals surface area (Å²) < 4.78 is 25.6. The second-order valence-electron chi connectivity index (χ2n) is 7.47. The molecule has 29 heavy (non-hydrogen) atoms. The van der Waals surface area contributed by atoms with Gasteiger partial charge in [-0.3, -0.25) is 4.99 Å². The molecule has 3 rings (SSSR count).